The first-order valence-electron chi connectivity index (χ1n) is 9.71. The zero-order valence-corrected chi connectivity index (χ0v) is 17.6. The Balaban J connectivity index is 1.53. The number of thiophene rings is 1. The van der Waals surface area contributed by atoms with Gasteiger partial charge in [0.15, 0.2) is 5.96 Å². The zero-order chi connectivity index (χ0) is 18.2. The number of piperidine rings is 1. The molecule has 146 valence electrons. The van der Waals surface area contributed by atoms with E-state index in [4.69, 9.17) is 9.73 Å². The smallest absolute Gasteiger partial charge is 0.191 e. The summed E-state index contributed by atoms with van der Waals surface area (Å²) in [5.41, 5.74) is 0. The van der Waals surface area contributed by atoms with Gasteiger partial charge in [-0.1, -0.05) is 0 Å². The standard InChI is InChI=1S/C19H32N4OS2/c1-3-20-18(21-15-19(25-2)8-12-24-13-9-19)22-16-6-10-23(11-7-16)17-5-4-14-26-17/h4-5,14,16H,3,6-13,15H2,1-2H3,(H2,20,21,22). The fourth-order valence-electron chi connectivity index (χ4n) is 3.60. The van der Waals surface area contributed by atoms with Gasteiger partial charge < -0.3 is 20.3 Å². The summed E-state index contributed by atoms with van der Waals surface area (Å²) in [7, 11) is 0. The molecule has 0 atom stereocenters. The summed E-state index contributed by atoms with van der Waals surface area (Å²) in [5, 5.41) is 10.7. The van der Waals surface area contributed by atoms with Crippen LogP contribution in [0.4, 0.5) is 5.00 Å². The zero-order valence-electron chi connectivity index (χ0n) is 16.0. The highest BCUT2D eigenvalue weighted by Gasteiger charge is 2.31. The lowest BCUT2D eigenvalue weighted by Gasteiger charge is -2.35. The minimum Gasteiger partial charge on any atom is -0.381 e. The minimum absolute atomic E-state index is 0.239. The second kappa shape index (κ2) is 9.85. The molecule has 0 aliphatic carbocycles. The molecule has 2 aliphatic rings. The van der Waals surface area contributed by atoms with Crippen LogP contribution in [0.25, 0.3) is 0 Å². The number of guanidine groups is 1. The van der Waals surface area contributed by atoms with Gasteiger partial charge in [-0.05, 0) is 56.4 Å². The van der Waals surface area contributed by atoms with Gasteiger partial charge in [-0.3, -0.25) is 4.99 Å². The molecule has 2 saturated heterocycles. The maximum atomic E-state index is 5.55. The summed E-state index contributed by atoms with van der Waals surface area (Å²) in [6.45, 7) is 7.85. The Morgan fingerprint density at radius 1 is 1.38 bits per heavy atom. The van der Waals surface area contributed by atoms with Gasteiger partial charge in [0.05, 0.1) is 11.5 Å². The van der Waals surface area contributed by atoms with Crippen molar-refractivity contribution in [2.45, 2.75) is 43.4 Å². The molecule has 0 radical (unpaired) electrons. The molecule has 2 aliphatic heterocycles. The molecule has 7 heteroatoms. The van der Waals surface area contributed by atoms with E-state index in [2.05, 4.69) is 46.2 Å². The molecule has 2 fully saturated rings. The SMILES string of the molecule is CCNC(=NCC1(SC)CCOCC1)NC1CCN(c2cccs2)CC1. The van der Waals surface area contributed by atoms with Crippen molar-refractivity contribution in [3.8, 4) is 0 Å². The third-order valence-corrected chi connectivity index (χ3v) is 7.69. The van der Waals surface area contributed by atoms with Crippen LogP contribution in [0.5, 0.6) is 0 Å². The molecule has 0 saturated carbocycles. The number of nitrogens with zero attached hydrogens (tertiary/aromatic N) is 2. The van der Waals surface area contributed by atoms with E-state index < -0.39 is 0 Å². The molecule has 1 aromatic rings. The van der Waals surface area contributed by atoms with E-state index >= 15 is 0 Å². The lowest BCUT2D eigenvalue weighted by molar-refractivity contribution is 0.0794. The van der Waals surface area contributed by atoms with Crippen molar-refractivity contribution >= 4 is 34.1 Å². The normalized spacial score (nSPS) is 21.6. The predicted octanol–water partition coefficient (Wildman–Crippen LogP) is 3.18. The van der Waals surface area contributed by atoms with Crippen molar-refractivity contribution < 1.29 is 4.74 Å². The minimum atomic E-state index is 0.239. The molecule has 5 nitrogen and oxygen atoms in total. The van der Waals surface area contributed by atoms with Crippen LogP contribution in [0.2, 0.25) is 0 Å². The largest absolute Gasteiger partial charge is 0.381 e. The topological polar surface area (TPSA) is 48.9 Å². The Bertz CT molecular complexity index is 550. The number of anilines is 1. The number of rotatable bonds is 6. The predicted molar refractivity (Wildman–Crippen MR) is 115 cm³/mol. The van der Waals surface area contributed by atoms with Gasteiger partial charge in [0.2, 0.25) is 0 Å². The van der Waals surface area contributed by atoms with Gasteiger partial charge >= 0.3 is 0 Å². The maximum absolute atomic E-state index is 5.55. The monoisotopic (exact) mass is 396 g/mol. The first kappa shape index (κ1) is 19.8. The quantitative estimate of drug-likeness (QED) is 0.571. The molecule has 0 unspecified atom stereocenters. The number of aliphatic imine (C=N–C) groups is 1. The molecule has 2 N–H and O–H groups in total. The van der Waals surface area contributed by atoms with Gasteiger partial charge in [0.1, 0.15) is 0 Å². The summed E-state index contributed by atoms with van der Waals surface area (Å²) in [6.07, 6.45) is 6.71. The fourth-order valence-corrected chi connectivity index (χ4v) is 5.15. The molecule has 1 aromatic heterocycles. The molecular weight excluding hydrogens is 364 g/mol. The van der Waals surface area contributed by atoms with Crippen LogP contribution in [-0.2, 0) is 4.74 Å². The van der Waals surface area contributed by atoms with Crippen LogP contribution in [0, 0.1) is 0 Å². The number of nitrogens with one attached hydrogen (secondary N) is 2. The van der Waals surface area contributed by atoms with Gasteiger partial charge in [0, 0.05) is 43.6 Å². The summed E-state index contributed by atoms with van der Waals surface area (Å²) < 4.78 is 5.79. The van der Waals surface area contributed by atoms with Crippen LogP contribution in [-0.4, -0.2) is 62.4 Å². The Morgan fingerprint density at radius 3 is 2.77 bits per heavy atom. The van der Waals surface area contributed by atoms with Crippen LogP contribution >= 0.6 is 23.1 Å². The van der Waals surface area contributed by atoms with E-state index in [0.717, 1.165) is 71.0 Å². The highest BCUT2D eigenvalue weighted by atomic mass is 32.2. The molecule has 0 aromatic carbocycles. The maximum Gasteiger partial charge on any atom is 0.191 e. The summed E-state index contributed by atoms with van der Waals surface area (Å²) in [5.74, 6) is 0.974. The van der Waals surface area contributed by atoms with E-state index in [9.17, 15) is 0 Å². The Morgan fingerprint density at radius 2 is 2.15 bits per heavy atom. The third kappa shape index (κ3) is 5.30. The van der Waals surface area contributed by atoms with Crippen molar-refractivity contribution in [2.24, 2.45) is 4.99 Å². The van der Waals surface area contributed by atoms with Gasteiger partial charge in [-0.15, -0.1) is 11.3 Å². The first-order chi connectivity index (χ1) is 12.7. The van der Waals surface area contributed by atoms with Crippen molar-refractivity contribution in [1.29, 1.82) is 0 Å². The third-order valence-electron chi connectivity index (χ3n) is 5.36. The van der Waals surface area contributed by atoms with Crippen LogP contribution < -0.4 is 15.5 Å². The second-order valence-corrected chi connectivity index (χ2v) is 9.25. The molecule has 3 rings (SSSR count). The second-order valence-electron chi connectivity index (χ2n) is 7.05. The average molecular weight is 397 g/mol. The number of ether oxygens (including phenoxy) is 1. The lowest BCUT2D eigenvalue weighted by atomic mass is 9.99. The fraction of sp³-hybridized carbons (Fsp3) is 0.737. The van der Waals surface area contributed by atoms with Crippen molar-refractivity contribution in [3.05, 3.63) is 17.5 Å². The molecule has 0 bridgehead atoms. The van der Waals surface area contributed by atoms with Crippen molar-refractivity contribution in [1.82, 2.24) is 10.6 Å². The molecular formula is C19H32N4OS2. The number of hydrogen-bond acceptors (Lipinski definition) is 5. The van der Waals surface area contributed by atoms with Crippen LogP contribution in [0.1, 0.15) is 32.6 Å². The van der Waals surface area contributed by atoms with Crippen molar-refractivity contribution in [3.63, 3.8) is 0 Å². The highest BCUT2D eigenvalue weighted by Crippen LogP contribution is 2.34. The van der Waals surface area contributed by atoms with Crippen LogP contribution in [0.3, 0.4) is 0 Å². The summed E-state index contributed by atoms with van der Waals surface area (Å²) in [6, 6.07) is 4.86. The van der Waals surface area contributed by atoms with E-state index in [1.807, 2.05) is 23.1 Å². The Kier molecular flexibility index (Phi) is 7.52. The van der Waals surface area contributed by atoms with Gasteiger partial charge in [-0.25, -0.2) is 0 Å². The summed E-state index contributed by atoms with van der Waals surface area (Å²) in [4.78, 5) is 7.45. The highest BCUT2D eigenvalue weighted by molar-refractivity contribution is 8.00. The van der Waals surface area contributed by atoms with Gasteiger partial charge in [0.25, 0.3) is 0 Å². The molecule has 0 spiro atoms. The Hall–Kier alpha value is -0.920. The van der Waals surface area contributed by atoms with Gasteiger partial charge in [-0.2, -0.15) is 11.8 Å². The van der Waals surface area contributed by atoms with E-state index in [1.165, 1.54) is 5.00 Å². The average Bonchev–Trinajstić information content (AvgIpc) is 3.22. The molecule has 26 heavy (non-hydrogen) atoms. The number of thioether (sulfide) groups is 1. The Labute approximate surface area is 166 Å². The van der Waals surface area contributed by atoms with Crippen molar-refractivity contribution in [2.75, 3.05) is 50.5 Å². The molecule has 3 heterocycles. The summed E-state index contributed by atoms with van der Waals surface area (Å²) >= 11 is 3.79. The molecule has 0 amide bonds. The van der Waals surface area contributed by atoms with E-state index in [0.29, 0.717) is 6.04 Å². The van der Waals surface area contributed by atoms with Crippen LogP contribution in [0.15, 0.2) is 22.5 Å². The van der Waals surface area contributed by atoms with E-state index in [1.54, 1.807) is 0 Å². The van der Waals surface area contributed by atoms with E-state index in [-0.39, 0.29) is 4.75 Å². The number of hydrogen-bond donors (Lipinski definition) is 2. The first-order valence-corrected chi connectivity index (χ1v) is 11.8. The lowest BCUT2D eigenvalue weighted by Crippen LogP contribution is -2.49.